The number of hydrogen-bond donors (Lipinski definition) is 2. The number of amides is 5. The number of rotatable bonds is 10. The van der Waals surface area contributed by atoms with Gasteiger partial charge in [-0.25, -0.2) is 0 Å². The van der Waals surface area contributed by atoms with Crippen LogP contribution in [0.25, 0.3) is 0 Å². The zero-order valence-corrected chi connectivity index (χ0v) is 32.9. The van der Waals surface area contributed by atoms with Crippen molar-refractivity contribution in [3.63, 3.8) is 0 Å². The van der Waals surface area contributed by atoms with Crippen LogP contribution in [0.3, 0.4) is 0 Å². The minimum absolute atomic E-state index is 0.00916. The number of carbonyl (C=O) groups excluding carboxylic acids is 5. The Morgan fingerprint density at radius 3 is 2.25 bits per heavy atom. The molecule has 0 bridgehead atoms. The lowest BCUT2D eigenvalue weighted by Crippen LogP contribution is -2.70. The third kappa shape index (κ3) is 6.52. The van der Waals surface area contributed by atoms with E-state index in [9.17, 15) is 24.0 Å². The Kier molecular flexibility index (Phi) is 10.1. The maximum atomic E-state index is 13.7. The number of anilines is 1. The van der Waals surface area contributed by atoms with Crippen molar-refractivity contribution in [2.45, 2.75) is 144 Å². The van der Waals surface area contributed by atoms with Gasteiger partial charge in [-0.1, -0.05) is 52.3 Å². The standard InChI is InChI=1S/C43H62N4O5/c1-28-26-36(50)46(38(28)52)25-11-9-10-12-34(48)44-30-15-13-29(14-16-30)27-47-35(49)20-21-42(7)41(6)24-23-40(5)31(32(41)19-22-43(42,47)8)17-18-33(40)37(51)45-39(2,3)4/h13-16,20-21,28,31-33H,9-12,17-19,22-27H2,1-8H3,(H,44,48)(H,45,51)/t28?,31-,32-,33+,40-,41-,42+,43+/m0/s1. The Bertz CT molecular complexity index is 1630. The van der Waals surface area contributed by atoms with Gasteiger partial charge in [0.25, 0.3) is 0 Å². The average molecular weight is 715 g/mol. The second-order valence-electron chi connectivity index (χ2n) is 18.8. The molecule has 9 heteroatoms. The maximum Gasteiger partial charge on any atom is 0.247 e. The first kappa shape index (κ1) is 38.2. The summed E-state index contributed by atoms with van der Waals surface area (Å²) in [6.45, 7) is 18.5. The van der Waals surface area contributed by atoms with Crippen LogP contribution in [0.1, 0.15) is 132 Å². The van der Waals surface area contributed by atoms with Crippen LogP contribution in [0.4, 0.5) is 5.69 Å². The highest BCUT2D eigenvalue weighted by atomic mass is 16.2. The molecule has 2 aliphatic heterocycles. The Morgan fingerprint density at radius 1 is 0.885 bits per heavy atom. The summed E-state index contributed by atoms with van der Waals surface area (Å²) in [6.07, 6.45) is 12.9. The van der Waals surface area contributed by atoms with Gasteiger partial charge in [0.2, 0.25) is 29.5 Å². The monoisotopic (exact) mass is 714 g/mol. The molecule has 2 heterocycles. The summed E-state index contributed by atoms with van der Waals surface area (Å²) in [5.41, 5.74) is 0.900. The number of nitrogens with one attached hydrogen (secondary N) is 2. The molecule has 4 fully saturated rings. The van der Waals surface area contributed by atoms with E-state index >= 15 is 0 Å². The van der Waals surface area contributed by atoms with Crippen LogP contribution in [0.5, 0.6) is 0 Å². The minimum atomic E-state index is -0.361. The van der Waals surface area contributed by atoms with Crippen molar-refractivity contribution in [1.82, 2.24) is 15.1 Å². The number of nitrogens with zero attached hydrogens (tertiary/aromatic N) is 2. The van der Waals surface area contributed by atoms with Crippen LogP contribution in [0, 0.1) is 39.9 Å². The van der Waals surface area contributed by atoms with Crippen molar-refractivity contribution < 1.29 is 24.0 Å². The zero-order chi connectivity index (χ0) is 37.9. The van der Waals surface area contributed by atoms with E-state index in [-0.39, 0.29) is 68.7 Å². The first-order valence-electron chi connectivity index (χ1n) is 19.9. The lowest BCUT2D eigenvalue weighted by molar-refractivity contribution is -0.192. The molecular formula is C43H62N4O5. The van der Waals surface area contributed by atoms with E-state index in [0.717, 1.165) is 56.2 Å². The van der Waals surface area contributed by atoms with Crippen LogP contribution in [0.15, 0.2) is 36.4 Å². The third-order valence-electron chi connectivity index (χ3n) is 14.7. The van der Waals surface area contributed by atoms with E-state index in [4.69, 9.17) is 0 Å². The lowest BCUT2D eigenvalue weighted by atomic mass is 9.38. The number of benzene rings is 1. The molecule has 6 rings (SSSR count). The molecule has 5 aliphatic rings. The van der Waals surface area contributed by atoms with E-state index < -0.39 is 0 Å². The van der Waals surface area contributed by atoms with Gasteiger partial charge >= 0.3 is 0 Å². The van der Waals surface area contributed by atoms with Gasteiger partial charge in [-0.3, -0.25) is 28.9 Å². The van der Waals surface area contributed by atoms with Crippen LogP contribution < -0.4 is 10.6 Å². The second kappa shape index (κ2) is 13.7. The number of imide groups is 1. The van der Waals surface area contributed by atoms with Gasteiger partial charge in [-0.15, -0.1) is 0 Å². The van der Waals surface area contributed by atoms with E-state index in [1.807, 2.05) is 30.3 Å². The summed E-state index contributed by atoms with van der Waals surface area (Å²) in [5.74, 6) is 0.814. The van der Waals surface area contributed by atoms with Crippen molar-refractivity contribution in [2.24, 2.45) is 39.9 Å². The Balaban J connectivity index is 1.07. The first-order chi connectivity index (χ1) is 24.3. The number of carbonyl (C=O) groups is 5. The Morgan fingerprint density at radius 2 is 1.60 bits per heavy atom. The van der Waals surface area contributed by atoms with Crippen molar-refractivity contribution in [2.75, 3.05) is 11.9 Å². The molecule has 3 aliphatic carbocycles. The predicted molar refractivity (Wildman–Crippen MR) is 203 cm³/mol. The van der Waals surface area contributed by atoms with Crippen molar-refractivity contribution in [3.8, 4) is 0 Å². The van der Waals surface area contributed by atoms with E-state index in [0.29, 0.717) is 50.6 Å². The minimum Gasteiger partial charge on any atom is -0.351 e. The Hall–Kier alpha value is -3.49. The third-order valence-corrected chi connectivity index (χ3v) is 14.7. The van der Waals surface area contributed by atoms with Gasteiger partial charge in [0, 0.05) is 54.4 Å². The molecule has 0 spiro atoms. The molecule has 0 radical (unpaired) electrons. The molecular weight excluding hydrogens is 652 g/mol. The zero-order valence-electron chi connectivity index (χ0n) is 32.9. The topological polar surface area (TPSA) is 116 Å². The number of likely N-dealkylation sites (tertiary alicyclic amines) is 1. The number of unbranched alkanes of at least 4 members (excludes halogenated alkanes) is 2. The molecule has 1 aromatic carbocycles. The number of hydrogen-bond acceptors (Lipinski definition) is 5. The summed E-state index contributed by atoms with van der Waals surface area (Å²) in [7, 11) is 0. The summed E-state index contributed by atoms with van der Waals surface area (Å²) in [6, 6.07) is 7.84. The van der Waals surface area contributed by atoms with E-state index in [1.165, 1.54) is 4.90 Å². The largest absolute Gasteiger partial charge is 0.351 e. The van der Waals surface area contributed by atoms with Crippen molar-refractivity contribution in [3.05, 3.63) is 42.0 Å². The quantitative estimate of drug-likeness (QED) is 0.194. The Labute approximate surface area is 311 Å². The van der Waals surface area contributed by atoms with Gasteiger partial charge < -0.3 is 15.5 Å². The fraction of sp³-hybridized carbons (Fsp3) is 0.698. The van der Waals surface area contributed by atoms with Crippen LogP contribution in [-0.2, 0) is 30.5 Å². The molecule has 5 amide bonds. The fourth-order valence-corrected chi connectivity index (χ4v) is 11.3. The van der Waals surface area contributed by atoms with Crippen molar-refractivity contribution in [1.29, 1.82) is 0 Å². The number of fused-ring (bicyclic) bond motifs is 5. The molecule has 284 valence electrons. The smallest absolute Gasteiger partial charge is 0.247 e. The highest BCUT2D eigenvalue weighted by Gasteiger charge is 2.69. The molecule has 9 nitrogen and oxygen atoms in total. The fourth-order valence-electron chi connectivity index (χ4n) is 11.3. The molecule has 1 unspecified atom stereocenters. The average Bonchev–Trinajstić information content (AvgIpc) is 3.54. The van der Waals surface area contributed by atoms with Crippen molar-refractivity contribution >= 4 is 35.2 Å². The van der Waals surface area contributed by atoms with Gasteiger partial charge in [-0.2, -0.15) is 0 Å². The molecule has 0 aromatic heterocycles. The lowest BCUT2D eigenvalue weighted by Gasteiger charge is -2.70. The van der Waals surface area contributed by atoms with Gasteiger partial charge in [0.05, 0.1) is 5.54 Å². The first-order valence-corrected chi connectivity index (χ1v) is 19.9. The van der Waals surface area contributed by atoms with Crippen LogP contribution in [0.2, 0.25) is 0 Å². The molecule has 3 saturated carbocycles. The summed E-state index contributed by atoms with van der Waals surface area (Å²) >= 11 is 0. The molecule has 1 aromatic rings. The molecule has 52 heavy (non-hydrogen) atoms. The van der Waals surface area contributed by atoms with E-state index in [1.54, 1.807) is 6.92 Å². The highest BCUT2D eigenvalue weighted by Crippen LogP contribution is 2.72. The maximum absolute atomic E-state index is 13.7. The molecule has 1 saturated heterocycles. The SMILES string of the molecule is CC1CC(=O)N(CCCCCC(=O)Nc2ccc(CN3C(=O)C=C[C@]4(C)[C@@]5(C)CC[C@]6(C)[C@@H](C(=O)NC(C)(C)C)CC[C@H]6[C@@H]5CC[C@@]34C)cc2)C1=O. The molecule has 8 atom stereocenters. The van der Waals surface area contributed by atoms with E-state index in [2.05, 4.69) is 70.1 Å². The van der Waals surface area contributed by atoms with Crippen LogP contribution in [-0.4, -0.2) is 57.0 Å². The highest BCUT2D eigenvalue weighted by molar-refractivity contribution is 6.03. The normalized spacial score (nSPS) is 35.7. The van der Waals surface area contributed by atoms with Gasteiger partial charge in [-0.05, 0) is 125 Å². The summed E-state index contributed by atoms with van der Waals surface area (Å²) in [5, 5.41) is 6.29. The predicted octanol–water partition coefficient (Wildman–Crippen LogP) is 7.40. The van der Waals surface area contributed by atoms with Gasteiger partial charge in [0.15, 0.2) is 0 Å². The van der Waals surface area contributed by atoms with Crippen LogP contribution >= 0.6 is 0 Å². The van der Waals surface area contributed by atoms with Gasteiger partial charge in [0.1, 0.15) is 0 Å². The summed E-state index contributed by atoms with van der Waals surface area (Å²) in [4.78, 5) is 67.5. The second-order valence-corrected chi connectivity index (χ2v) is 18.8. The summed E-state index contributed by atoms with van der Waals surface area (Å²) < 4.78 is 0. The molecule has 2 N–H and O–H groups in total.